The van der Waals surface area contributed by atoms with Gasteiger partial charge in [0.25, 0.3) is 0 Å². The number of hydrogen-bond donors (Lipinski definition) is 2. The van der Waals surface area contributed by atoms with Gasteiger partial charge < -0.3 is 24.7 Å². The Hall–Kier alpha value is -2.61. The Labute approximate surface area is 166 Å². The molecule has 1 saturated heterocycles. The number of rotatable bonds is 8. The first-order valence-electron chi connectivity index (χ1n) is 9.77. The van der Waals surface area contributed by atoms with E-state index in [9.17, 15) is 0 Å². The molecule has 28 heavy (non-hydrogen) atoms. The van der Waals surface area contributed by atoms with Gasteiger partial charge in [0.2, 0.25) is 0 Å². The van der Waals surface area contributed by atoms with Crippen LogP contribution in [0.4, 0.5) is 0 Å². The van der Waals surface area contributed by atoms with Gasteiger partial charge in [-0.25, -0.2) is 4.99 Å². The largest absolute Gasteiger partial charge is 0.497 e. The molecule has 1 fully saturated rings. The van der Waals surface area contributed by atoms with E-state index < -0.39 is 0 Å². The van der Waals surface area contributed by atoms with Crippen molar-refractivity contribution in [2.75, 3.05) is 26.8 Å². The molecule has 0 spiro atoms. The molecule has 8 heteroatoms. The molecule has 0 saturated carbocycles. The molecule has 8 nitrogen and oxygen atoms in total. The van der Waals surface area contributed by atoms with Crippen LogP contribution >= 0.6 is 0 Å². The molecule has 0 radical (unpaired) electrons. The third-order valence-corrected chi connectivity index (χ3v) is 4.95. The monoisotopic (exact) mass is 386 g/mol. The molecule has 2 N–H and O–H groups in total. The Balaban J connectivity index is 1.55. The second-order valence-electron chi connectivity index (χ2n) is 6.93. The van der Waals surface area contributed by atoms with E-state index in [-0.39, 0.29) is 6.10 Å². The van der Waals surface area contributed by atoms with E-state index in [0.717, 1.165) is 62.3 Å². The summed E-state index contributed by atoms with van der Waals surface area (Å²) in [5.41, 5.74) is 1.25. The van der Waals surface area contributed by atoms with Gasteiger partial charge in [-0.05, 0) is 43.9 Å². The van der Waals surface area contributed by atoms with Crippen LogP contribution in [0.2, 0.25) is 0 Å². The number of ether oxygens (including phenoxy) is 2. The van der Waals surface area contributed by atoms with E-state index in [4.69, 9.17) is 9.47 Å². The number of methoxy groups -OCH3 is 1. The Morgan fingerprint density at radius 1 is 1.29 bits per heavy atom. The molecular formula is C20H30N6O2. The van der Waals surface area contributed by atoms with Crippen LogP contribution in [0.5, 0.6) is 5.75 Å². The molecule has 1 unspecified atom stereocenters. The third kappa shape index (κ3) is 5.69. The molecule has 0 bridgehead atoms. The zero-order valence-corrected chi connectivity index (χ0v) is 16.9. The highest BCUT2D eigenvalue weighted by Crippen LogP contribution is 2.12. The molecular weight excluding hydrogens is 356 g/mol. The number of benzene rings is 1. The molecule has 1 atom stereocenters. The summed E-state index contributed by atoms with van der Waals surface area (Å²) in [4.78, 5) is 4.68. The summed E-state index contributed by atoms with van der Waals surface area (Å²) in [6, 6.07) is 8.13. The lowest BCUT2D eigenvalue weighted by atomic mass is 10.1. The maximum Gasteiger partial charge on any atom is 0.191 e. The molecule has 0 aliphatic carbocycles. The normalized spacial score (nSPS) is 17.0. The van der Waals surface area contributed by atoms with Crippen LogP contribution in [-0.2, 0) is 24.8 Å². The van der Waals surface area contributed by atoms with E-state index in [0.29, 0.717) is 6.54 Å². The number of nitrogens with one attached hydrogen (secondary N) is 2. The molecule has 3 rings (SSSR count). The van der Waals surface area contributed by atoms with Crippen molar-refractivity contribution in [2.45, 2.75) is 38.8 Å². The number of guanidine groups is 1. The van der Waals surface area contributed by atoms with Gasteiger partial charge >= 0.3 is 0 Å². The van der Waals surface area contributed by atoms with E-state index >= 15 is 0 Å². The van der Waals surface area contributed by atoms with Crippen molar-refractivity contribution in [3.8, 4) is 5.75 Å². The molecule has 0 amide bonds. The lowest BCUT2D eigenvalue weighted by Crippen LogP contribution is -2.42. The zero-order valence-electron chi connectivity index (χ0n) is 16.9. The summed E-state index contributed by atoms with van der Waals surface area (Å²) in [6.45, 7) is 4.79. The summed E-state index contributed by atoms with van der Waals surface area (Å²) in [5, 5.41) is 15.1. The van der Waals surface area contributed by atoms with Crippen molar-refractivity contribution in [3.63, 3.8) is 0 Å². The first-order valence-corrected chi connectivity index (χ1v) is 9.77. The van der Waals surface area contributed by atoms with Gasteiger partial charge in [-0.2, -0.15) is 0 Å². The molecule has 1 aliphatic rings. The average Bonchev–Trinajstić information content (AvgIpc) is 3.35. The first kappa shape index (κ1) is 20.1. The Morgan fingerprint density at radius 2 is 2.11 bits per heavy atom. The van der Waals surface area contributed by atoms with Gasteiger partial charge in [0.05, 0.1) is 13.2 Å². The summed E-state index contributed by atoms with van der Waals surface area (Å²) < 4.78 is 12.9. The number of hydrogen-bond acceptors (Lipinski definition) is 5. The third-order valence-electron chi connectivity index (χ3n) is 4.95. The van der Waals surface area contributed by atoms with Gasteiger partial charge in [-0.3, -0.25) is 0 Å². The van der Waals surface area contributed by atoms with Crippen LogP contribution in [0.3, 0.4) is 0 Å². The fourth-order valence-electron chi connectivity index (χ4n) is 3.05. The van der Waals surface area contributed by atoms with Crippen LogP contribution in [-0.4, -0.2) is 53.6 Å². The fraction of sp³-hybridized carbons (Fsp3) is 0.550. The van der Waals surface area contributed by atoms with E-state index in [2.05, 4.69) is 38.0 Å². The minimum atomic E-state index is 0.255. The minimum Gasteiger partial charge on any atom is -0.497 e. The minimum absolute atomic E-state index is 0.255. The lowest BCUT2D eigenvalue weighted by molar-refractivity contribution is 0.114. The number of aryl methyl sites for hydroxylation is 1. The number of aromatic nitrogens is 3. The van der Waals surface area contributed by atoms with Crippen molar-refractivity contribution < 1.29 is 9.47 Å². The van der Waals surface area contributed by atoms with Crippen molar-refractivity contribution in [1.82, 2.24) is 25.4 Å². The van der Waals surface area contributed by atoms with Crippen LogP contribution in [0.25, 0.3) is 0 Å². The van der Waals surface area contributed by atoms with Gasteiger partial charge in [-0.15, -0.1) is 10.2 Å². The zero-order chi connectivity index (χ0) is 19.8. The van der Waals surface area contributed by atoms with Crippen LogP contribution in [0, 0.1) is 6.92 Å². The summed E-state index contributed by atoms with van der Waals surface area (Å²) in [5.74, 6) is 3.36. The average molecular weight is 387 g/mol. The standard InChI is InChI=1S/C20H30N6O2/c1-15-24-25-19(26(15)2)14-23-20(22-13-18-5-4-12-28-18)21-11-10-16-6-8-17(27-3)9-7-16/h6-9,18H,4-5,10-14H2,1-3H3,(H2,21,22,23). The second kappa shape index (κ2) is 10.1. The number of nitrogens with zero attached hydrogens (tertiary/aromatic N) is 4. The highest BCUT2D eigenvalue weighted by Gasteiger charge is 2.15. The maximum absolute atomic E-state index is 5.70. The SMILES string of the molecule is COc1ccc(CCNC(=NCc2nnc(C)n2C)NCC2CCCO2)cc1. The highest BCUT2D eigenvalue weighted by atomic mass is 16.5. The smallest absolute Gasteiger partial charge is 0.191 e. The van der Waals surface area contributed by atoms with E-state index in [1.165, 1.54) is 5.56 Å². The van der Waals surface area contributed by atoms with E-state index in [1.54, 1.807) is 7.11 Å². The molecule has 1 aromatic carbocycles. The van der Waals surface area contributed by atoms with Crippen molar-refractivity contribution in [3.05, 3.63) is 41.5 Å². The lowest BCUT2D eigenvalue weighted by Gasteiger charge is -2.15. The van der Waals surface area contributed by atoms with Gasteiger partial charge in [-0.1, -0.05) is 12.1 Å². The highest BCUT2D eigenvalue weighted by molar-refractivity contribution is 5.79. The fourth-order valence-corrected chi connectivity index (χ4v) is 3.05. The van der Waals surface area contributed by atoms with Crippen LogP contribution < -0.4 is 15.4 Å². The molecule has 1 aliphatic heterocycles. The second-order valence-corrected chi connectivity index (χ2v) is 6.93. The van der Waals surface area contributed by atoms with Gasteiger partial charge in [0.1, 0.15) is 18.1 Å². The quantitative estimate of drug-likeness (QED) is 0.529. The predicted molar refractivity (Wildman–Crippen MR) is 109 cm³/mol. The van der Waals surface area contributed by atoms with Crippen molar-refractivity contribution >= 4 is 5.96 Å². The van der Waals surface area contributed by atoms with Crippen LogP contribution in [0.15, 0.2) is 29.3 Å². The predicted octanol–water partition coefficient (Wildman–Crippen LogP) is 1.59. The Bertz CT molecular complexity index is 766. The van der Waals surface area contributed by atoms with Crippen molar-refractivity contribution in [2.24, 2.45) is 12.0 Å². The van der Waals surface area contributed by atoms with Gasteiger partial charge in [0.15, 0.2) is 11.8 Å². The molecule has 2 aromatic rings. The summed E-state index contributed by atoms with van der Waals surface area (Å²) in [7, 11) is 3.63. The summed E-state index contributed by atoms with van der Waals surface area (Å²) >= 11 is 0. The summed E-state index contributed by atoms with van der Waals surface area (Å²) in [6.07, 6.45) is 3.37. The van der Waals surface area contributed by atoms with E-state index in [1.807, 2.05) is 30.7 Å². The molecule has 1 aromatic heterocycles. The first-order chi connectivity index (χ1) is 13.7. The topological polar surface area (TPSA) is 85.6 Å². The van der Waals surface area contributed by atoms with Gasteiger partial charge in [0, 0.05) is 26.7 Å². The van der Waals surface area contributed by atoms with Crippen molar-refractivity contribution in [1.29, 1.82) is 0 Å². The Morgan fingerprint density at radius 3 is 2.75 bits per heavy atom. The maximum atomic E-state index is 5.70. The Kier molecular flexibility index (Phi) is 7.25. The molecule has 2 heterocycles. The van der Waals surface area contributed by atoms with Crippen LogP contribution in [0.1, 0.15) is 30.1 Å². The molecule has 152 valence electrons. The number of aliphatic imine (C=N–C) groups is 1.